The van der Waals surface area contributed by atoms with Crippen LogP contribution in [0.3, 0.4) is 0 Å². The Kier molecular flexibility index (Phi) is 5.88. The number of halogens is 1. The van der Waals surface area contributed by atoms with E-state index in [2.05, 4.69) is 19.2 Å². The van der Waals surface area contributed by atoms with Gasteiger partial charge in [-0.1, -0.05) is 26.7 Å². The van der Waals surface area contributed by atoms with Crippen molar-refractivity contribution in [2.24, 2.45) is 5.92 Å². The van der Waals surface area contributed by atoms with E-state index in [9.17, 15) is 5.11 Å². The summed E-state index contributed by atoms with van der Waals surface area (Å²) < 4.78 is 5.20. The highest BCUT2D eigenvalue weighted by molar-refractivity contribution is 6.28. The van der Waals surface area contributed by atoms with Crippen LogP contribution in [0.5, 0.6) is 0 Å². The quantitative estimate of drug-likeness (QED) is 0.777. The Morgan fingerprint density at radius 1 is 1.38 bits per heavy atom. The van der Waals surface area contributed by atoms with E-state index in [-0.39, 0.29) is 6.10 Å². The lowest BCUT2D eigenvalue weighted by atomic mass is 9.96. The zero-order valence-corrected chi connectivity index (χ0v) is 10.6. The highest BCUT2D eigenvalue weighted by atomic mass is 35.5. The highest BCUT2D eigenvalue weighted by Gasteiger charge is 2.14. The zero-order valence-electron chi connectivity index (χ0n) is 9.87. The average molecular weight is 246 g/mol. The summed E-state index contributed by atoms with van der Waals surface area (Å²) >= 11 is 5.65. The molecule has 0 bridgehead atoms. The maximum atomic E-state index is 9.87. The van der Waals surface area contributed by atoms with Crippen LogP contribution >= 0.6 is 11.6 Å². The minimum absolute atomic E-state index is 0.291. The molecule has 0 aliphatic carbocycles. The van der Waals surface area contributed by atoms with Crippen LogP contribution in [0, 0.1) is 5.92 Å². The zero-order chi connectivity index (χ0) is 12.0. The van der Waals surface area contributed by atoms with E-state index in [1.807, 2.05) is 6.07 Å². The highest BCUT2D eigenvalue weighted by Crippen LogP contribution is 2.14. The molecule has 1 atom stereocenters. The maximum Gasteiger partial charge on any atom is 0.193 e. The Labute approximate surface area is 102 Å². The van der Waals surface area contributed by atoms with Crippen molar-refractivity contribution in [1.29, 1.82) is 0 Å². The lowest BCUT2D eigenvalue weighted by molar-refractivity contribution is 0.101. The summed E-state index contributed by atoms with van der Waals surface area (Å²) in [5, 5.41) is 13.4. The molecule has 0 radical (unpaired) electrons. The Hall–Kier alpha value is -0.510. The summed E-state index contributed by atoms with van der Waals surface area (Å²) in [4.78, 5) is 0. The molecule has 1 heterocycles. The van der Waals surface area contributed by atoms with Gasteiger partial charge in [-0.25, -0.2) is 0 Å². The summed E-state index contributed by atoms with van der Waals surface area (Å²) in [5.74, 6) is 1.16. The molecule has 1 unspecified atom stereocenters. The van der Waals surface area contributed by atoms with Crippen molar-refractivity contribution < 1.29 is 9.52 Å². The fraction of sp³-hybridized carbons (Fsp3) is 0.667. The number of furan rings is 1. The van der Waals surface area contributed by atoms with Crippen LogP contribution in [0.4, 0.5) is 0 Å². The van der Waals surface area contributed by atoms with E-state index in [1.54, 1.807) is 6.07 Å². The molecule has 2 N–H and O–H groups in total. The van der Waals surface area contributed by atoms with Crippen LogP contribution in [0.25, 0.3) is 0 Å². The Morgan fingerprint density at radius 3 is 2.56 bits per heavy atom. The van der Waals surface area contributed by atoms with E-state index >= 15 is 0 Å². The second-order valence-electron chi connectivity index (χ2n) is 3.98. The van der Waals surface area contributed by atoms with Crippen LogP contribution in [0.15, 0.2) is 16.5 Å². The number of hydrogen-bond acceptors (Lipinski definition) is 3. The molecule has 3 nitrogen and oxygen atoms in total. The van der Waals surface area contributed by atoms with Crippen molar-refractivity contribution in [1.82, 2.24) is 5.32 Å². The minimum Gasteiger partial charge on any atom is -0.448 e. The van der Waals surface area contributed by atoms with E-state index in [0.717, 1.165) is 18.6 Å². The van der Waals surface area contributed by atoms with Gasteiger partial charge in [0.1, 0.15) is 5.76 Å². The van der Waals surface area contributed by atoms with Crippen molar-refractivity contribution in [3.63, 3.8) is 0 Å². The molecule has 1 aromatic heterocycles. The molecule has 4 heteroatoms. The van der Waals surface area contributed by atoms with Gasteiger partial charge in [0, 0.05) is 6.54 Å². The maximum absolute atomic E-state index is 9.87. The Bertz CT molecular complexity index is 297. The van der Waals surface area contributed by atoms with E-state index < -0.39 is 0 Å². The minimum atomic E-state index is -0.291. The average Bonchev–Trinajstić information content (AvgIpc) is 2.66. The second-order valence-corrected chi connectivity index (χ2v) is 4.35. The fourth-order valence-electron chi connectivity index (χ4n) is 1.79. The van der Waals surface area contributed by atoms with Gasteiger partial charge in [-0.3, -0.25) is 0 Å². The lowest BCUT2D eigenvalue weighted by Gasteiger charge is -2.20. The molecule has 0 spiro atoms. The first kappa shape index (κ1) is 13.6. The monoisotopic (exact) mass is 245 g/mol. The van der Waals surface area contributed by atoms with Gasteiger partial charge in [-0.15, -0.1) is 0 Å². The van der Waals surface area contributed by atoms with Gasteiger partial charge in [0.2, 0.25) is 0 Å². The van der Waals surface area contributed by atoms with Gasteiger partial charge in [0.15, 0.2) is 5.22 Å². The summed E-state index contributed by atoms with van der Waals surface area (Å²) in [6, 6.07) is 3.55. The van der Waals surface area contributed by atoms with Crippen LogP contribution in [0.1, 0.15) is 32.4 Å². The van der Waals surface area contributed by atoms with E-state index in [0.29, 0.717) is 24.2 Å². The first-order valence-electron chi connectivity index (χ1n) is 5.80. The van der Waals surface area contributed by atoms with Crippen LogP contribution in [-0.2, 0) is 6.54 Å². The molecule has 92 valence electrons. The van der Waals surface area contributed by atoms with Gasteiger partial charge < -0.3 is 14.8 Å². The first-order chi connectivity index (χ1) is 7.67. The molecular formula is C12H20ClNO2. The summed E-state index contributed by atoms with van der Waals surface area (Å²) in [6.45, 7) is 5.39. The van der Waals surface area contributed by atoms with Gasteiger partial charge in [0.25, 0.3) is 0 Å². The molecule has 0 aliphatic heterocycles. The standard InChI is InChI=1S/C12H20ClNO2/c1-3-9(4-2)11(15)8-14-7-10-5-6-12(13)16-10/h5-6,9,11,14-15H,3-4,7-8H2,1-2H3. The predicted octanol–water partition coefficient (Wildman–Crippen LogP) is 2.82. The molecule has 0 aliphatic rings. The van der Waals surface area contributed by atoms with Crippen LogP contribution in [0.2, 0.25) is 5.22 Å². The lowest BCUT2D eigenvalue weighted by Crippen LogP contribution is -2.32. The normalized spacial score (nSPS) is 13.3. The third kappa shape index (κ3) is 4.16. The van der Waals surface area contributed by atoms with Gasteiger partial charge >= 0.3 is 0 Å². The van der Waals surface area contributed by atoms with Gasteiger partial charge in [-0.05, 0) is 29.7 Å². The largest absolute Gasteiger partial charge is 0.448 e. The SMILES string of the molecule is CCC(CC)C(O)CNCc1ccc(Cl)o1. The van der Waals surface area contributed by atoms with Crippen molar-refractivity contribution in [2.45, 2.75) is 39.3 Å². The third-order valence-electron chi connectivity index (χ3n) is 2.87. The summed E-state index contributed by atoms with van der Waals surface area (Å²) in [7, 11) is 0. The Balaban J connectivity index is 2.24. The molecule has 1 aromatic rings. The number of rotatable bonds is 7. The third-order valence-corrected chi connectivity index (χ3v) is 3.08. The van der Waals surface area contributed by atoms with Gasteiger partial charge in [0.05, 0.1) is 12.6 Å². The number of nitrogens with one attached hydrogen (secondary N) is 1. The predicted molar refractivity (Wildman–Crippen MR) is 65.5 cm³/mol. The molecule has 0 saturated heterocycles. The topological polar surface area (TPSA) is 45.4 Å². The van der Waals surface area contributed by atoms with Crippen molar-refractivity contribution >= 4 is 11.6 Å². The molecule has 0 fully saturated rings. The molecule has 0 aromatic carbocycles. The second kappa shape index (κ2) is 6.94. The number of hydrogen-bond donors (Lipinski definition) is 2. The molecule has 0 saturated carbocycles. The van der Waals surface area contributed by atoms with Crippen LogP contribution < -0.4 is 5.32 Å². The number of aliphatic hydroxyl groups is 1. The molecule has 0 amide bonds. The number of aliphatic hydroxyl groups excluding tert-OH is 1. The summed E-state index contributed by atoms with van der Waals surface area (Å²) in [6.07, 6.45) is 1.72. The fourth-order valence-corrected chi connectivity index (χ4v) is 1.95. The van der Waals surface area contributed by atoms with Crippen molar-refractivity contribution in [2.75, 3.05) is 6.54 Å². The van der Waals surface area contributed by atoms with Crippen molar-refractivity contribution in [3.8, 4) is 0 Å². The Morgan fingerprint density at radius 2 is 2.06 bits per heavy atom. The smallest absolute Gasteiger partial charge is 0.193 e. The van der Waals surface area contributed by atoms with E-state index in [1.165, 1.54) is 0 Å². The molecular weight excluding hydrogens is 226 g/mol. The first-order valence-corrected chi connectivity index (χ1v) is 6.18. The van der Waals surface area contributed by atoms with E-state index in [4.69, 9.17) is 16.0 Å². The summed E-state index contributed by atoms with van der Waals surface area (Å²) in [5.41, 5.74) is 0. The molecule has 16 heavy (non-hydrogen) atoms. The molecule has 1 rings (SSSR count). The van der Waals surface area contributed by atoms with Gasteiger partial charge in [-0.2, -0.15) is 0 Å². The van der Waals surface area contributed by atoms with Crippen LogP contribution in [-0.4, -0.2) is 17.8 Å². The van der Waals surface area contributed by atoms with Crippen molar-refractivity contribution in [3.05, 3.63) is 23.1 Å².